The van der Waals surface area contributed by atoms with Gasteiger partial charge in [0.05, 0.1) is 6.54 Å². The summed E-state index contributed by atoms with van der Waals surface area (Å²) in [6.07, 6.45) is 0.133. The fraction of sp³-hybridized carbons (Fsp3) is 0.286. The summed E-state index contributed by atoms with van der Waals surface area (Å²) < 4.78 is 0. The van der Waals surface area contributed by atoms with Crippen molar-refractivity contribution in [2.45, 2.75) is 26.4 Å². The van der Waals surface area contributed by atoms with Gasteiger partial charge in [-0.15, -0.1) is 0 Å². The van der Waals surface area contributed by atoms with Crippen LogP contribution >= 0.6 is 0 Å². The minimum atomic E-state index is -0.301. The molecule has 0 radical (unpaired) electrons. The number of anilines is 1. The Morgan fingerprint density at radius 2 is 1.89 bits per heavy atom. The summed E-state index contributed by atoms with van der Waals surface area (Å²) in [7, 11) is 1.59. The molecule has 1 atom stereocenters. The Morgan fingerprint density at radius 1 is 1.15 bits per heavy atom. The van der Waals surface area contributed by atoms with Gasteiger partial charge in [0.15, 0.2) is 6.10 Å². The first-order valence-electron chi connectivity index (χ1n) is 8.85. The summed E-state index contributed by atoms with van der Waals surface area (Å²) in [6.45, 7) is 3.89. The van der Waals surface area contributed by atoms with E-state index >= 15 is 0 Å². The van der Waals surface area contributed by atoms with Gasteiger partial charge in [0.2, 0.25) is 5.91 Å². The third-order valence-electron chi connectivity index (χ3n) is 4.69. The van der Waals surface area contributed by atoms with E-state index in [1.807, 2.05) is 62.4 Å². The second-order valence-corrected chi connectivity index (χ2v) is 6.70. The Morgan fingerprint density at radius 3 is 2.63 bits per heavy atom. The minimum Gasteiger partial charge on any atom is -0.387 e. The van der Waals surface area contributed by atoms with Gasteiger partial charge in [0.1, 0.15) is 5.71 Å². The predicted octanol–water partition coefficient (Wildman–Crippen LogP) is 3.22. The van der Waals surface area contributed by atoms with E-state index in [9.17, 15) is 9.59 Å². The number of rotatable bonds is 5. The van der Waals surface area contributed by atoms with Gasteiger partial charge in [-0.2, -0.15) is 0 Å². The average Bonchev–Trinajstić information content (AvgIpc) is 3.15. The number of benzene rings is 2. The molecule has 1 N–H and O–H groups in total. The third-order valence-corrected chi connectivity index (χ3v) is 4.69. The topological polar surface area (TPSA) is 71.0 Å². The Kier molecular flexibility index (Phi) is 5.54. The van der Waals surface area contributed by atoms with Crippen molar-refractivity contribution in [1.82, 2.24) is 4.90 Å². The summed E-state index contributed by atoms with van der Waals surface area (Å²) in [5, 5.41) is 6.78. The Balaban J connectivity index is 1.56. The Hall–Kier alpha value is -3.15. The van der Waals surface area contributed by atoms with Crippen LogP contribution in [0.1, 0.15) is 29.2 Å². The number of carbonyl (C=O) groups is 2. The molecule has 0 unspecified atom stereocenters. The number of likely N-dealkylation sites (N-methyl/N-ethyl adjacent to an activating group) is 1. The van der Waals surface area contributed by atoms with Crippen LogP contribution in [0.5, 0.6) is 0 Å². The van der Waals surface area contributed by atoms with Crippen LogP contribution < -0.4 is 5.32 Å². The molecule has 2 amide bonds. The molecular formula is C21H23N3O3. The van der Waals surface area contributed by atoms with Gasteiger partial charge in [0.25, 0.3) is 5.91 Å². The number of hydrogen-bond donors (Lipinski definition) is 1. The van der Waals surface area contributed by atoms with Crippen molar-refractivity contribution < 1.29 is 14.4 Å². The van der Waals surface area contributed by atoms with E-state index in [1.165, 1.54) is 4.90 Å². The van der Waals surface area contributed by atoms with Crippen molar-refractivity contribution in [2.75, 3.05) is 18.9 Å². The number of hydrogen-bond acceptors (Lipinski definition) is 4. The van der Waals surface area contributed by atoms with E-state index in [0.29, 0.717) is 12.1 Å². The maximum atomic E-state index is 12.6. The van der Waals surface area contributed by atoms with Crippen LogP contribution in [0, 0.1) is 13.8 Å². The molecule has 1 aliphatic heterocycles. The molecule has 0 saturated carbocycles. The molecule has 6 nitrogen and oxygen atoms in total. The number of oxime groups is 1. The van der Waals surface area contributed by atoms with Crippen LogP contribution in [-0.4, -0.2) is 36.0 Å². The number of nitrogens with one attached hydrogen (secondary N) is 1. The molecule has 0 fully saturated rings. The van der Waals surface area contributed by atoms with Crippen molar-refractivity contribution in [1.29, 1.82) is 0 Å². The monoisotopic (exact) mass is 365 g/mol. The van der Waals surface area contributed by atoms with E-state index in [2.05, 4.69) is 10.5 Å². The fourth-order valence-electron chi connectivity index (χ4n) is 2.93. The maximum absolute atomic E-state index is 12.6. The summed E-state index contributed by atoms with van der Waals surface area (Å²) in [4.78, 5) is 31.6. The van der Waals surface area contributed by atoms with Gasteiger partial charge in [-0.05, 0) is 36.6 Å². The lowest BCUT2D eigenvalue weighted by molar-refractivity contribution is -0.127. The van der Waals surface area contributed by atoms with Crippen LogP contribution in [0.25, 0.3) is 0 Å². The third kappa shape index (κ3) is 4.34. The van der Waals surface area contributed by atoms with Crippen molar-refractivity contribution in [3.05, 3.63) is 65.2 Å². The zero-order valence-electron chi connectivity index (χ0n) is 15.7. The molecule has 0 bridgehead atoms. The van der Waals surface area contributed by atoms with E-state index in [0.717, 1.165) is 22.4 Å². The predicted molar refractivity (Wildman–Crippen MR) is 105 cm³/mol. The van der Waals surface area contributed by atoms with Gasteiger partial charge in [-0.3, -0.25) is 9.59 Å². The molecular weight excluding hydrogens is 342 g/mol. The quantitative estimate of drug-likeness (QED) is 0.884. The van der Waals surface area contributed by atoms with Gasteiger partial charge in [-0.1, -0.05) is 47.6 Å². The molecule has 140 valence electrons. The highest BCUT2D eigenvalue weighted by molar-refractivity contribution is 6.39. The lowest BCUT2D eigenvalue weighted by Crippen LogP contribution is -2.38. The molecule has 0 saturated heterocycles. The number of amides is 2. The molecule has 1 heterocycles. The van der Waals surface area contributed by atoms with Crippen LogP contribution in [0.3, 0.4) is 0 Å². The Bertz CT molecular complexity index is 877. The Labute approximate surface area is 158 Å². The average molecular weight is 365 g/mol. The van der Waals surface area contributed by atoms with E-state index in [1.54, 1.807) is 7.05 Å². The number of nitrogens with zero attached hydrogens (tertiary/aromatic N) is 2. The first kappa shape index (κ1) is 18.6. The molecule has 3 rings (SSSR count). The number of carbonyl (C=O) groups excluding carboxylic acids is 2. The SMILES string of the molecule is Cc1cccc(NC(=O)CN(C)C(=O)C2=NO[C@H](c3ccccc3)C2)c1C. The highest BCUT2D eigenvalue weighted by Gasteiger charge is 2.29. The molecule has 0 aromatic heterocycles. The van der Waals surface area contributed by atoms with E-state index in [4.69, 9.17) is 4.84 Å². The van der Waals surface area contributed by atoms with Crippen LogP contribution in [0.15, 0.2) is 53.7 Å². The van der Waals surface area contributed by atoms with Gasteiger partial charge in [0, 0.05) is 19.2 Å². The second kappa shape index (κ2) is 8.03. The summed E-state index contributed by atoms with van der Waals surface area (Å²) in [5.74, 6) is -0.553. The first-order chi connectivity index (χ1) is 13.0. The largest absolute Gasteiger partial charge is 0.387 e. The fourth-order valence-corrected chi connectivity index (χ4v) is 2.93. The van der Waals surface area contributed by atoms with Gasteiger partial charge in [-0.25, -0.2) is 0 Å². The van der Waals surface area contributed by atoms with E-state index < -0.39 is 0 Å². The molecule has 27 heavy (non-hydrogen) atoms. The lowest BCUT2D eigenvalue weighted by Gasteiger charge is -2.17. The van der Waals surface area contributed by atoms with Crippen LogP contribution in [0.2, 0.25) is 0 Å². The lowest BCUT2D eigenvalue weighted by atomic mass is 10.0. The van der Waals surface area contributed by atoms with Crippen LogP contribution in [-0.2, 0) is 14.4 Å². The van der Waals surface area contributed by atoms with Gasteiger partial charge < -0.3 is 15.1 Å². The zero-order chi connectivity index (χ0) is 19.4. The second-order valence-electron chi connectivity index (χ2n) is 6.70. The normalized spacial score (nSPS) is 15.7. The van der Waals surface area contributed by atoms with Crippen molar-refractivity contribution in [3.63, 3.8) is 0 Å². The maximum Gasteiger partial charge on any atom is 0.272 e. The summed E-state index contributed by atoms with van der Waals surface area (Å²) >= 11 is 0. The molecule has 0 spiro atoms. The minimum absolute atomic E-state index is 0.0543. The van der Waals surface area contributed by atoms with Crippen molar-refractivity contribution in [2.24, 2.45) is 5.16 Å². The van der Waals surface area contributed by atoms with Crippen LogP contribution in [0.4, 0.5) is 5.69 Å². The molecule has 6 heteroatoms. The molecule has 2 aromatic carbocycles. The highest BCUT2D eigenvalue weighted by atomic mass is 16.6. The van der Waals surface area contributed by atoms with Gasteiger partial charge >= 0.3 is 0 Å². The highest BCUT2D eigenvalue weighted by Crippen LogP contribution is 2.27. The molecule has 0 aliphatic carbocycles. The summed E-state index contributed by atoms with van der Waals surface area (Å²) in [5.41, 5.74) is 4.16. The molecule has 1 aliphatic rings. The standard InChI is InChI=1S/C21H23N3O3/c1-14-8-7-11-17(15(14)2)22-20(25)13-24(3)21(26)18-12-19(27-23-18)16-9-5-4-6-10-16/h4-11,19H,12-13H2,1-3H3,(H,22,25)/t19-/m0/s1. The number of aryl methyl sites for hydroxylation is 1. The molecule has 2 aromatic rings. The van der Waals surface area contributed by atoms with Crippen molar-refractivity contribution >= 4 is 23.2 Å². The zero-order valence-corrected chi connectivity index (χ0v) is 15.7. The van der Waals surface area contributed by atoms with Crippen molar-refractivity contribution in [3.8, 4) is 0 Å². The summed E-state index contributed by atoms with van der Waals surface area (Å²) in [6, 6.07) is 15.4. The smallest absolute Gasteiger partial charge is 0.272 e. The first-order valence-corrected chi connectivity index (χ1v) is 8.85. The van der Waals surface area contributed by atoms with E-state index in [-0.39, 0.29) is 24.5 Å².